The maximum atomic E-state index is 5.91. The van der Waals surface area contributed by atoms with Gasteiger partial charge in [0.25, 0.3) is 11.1 Å². The van der Waals surface area contributed by atoms with Gasteiger partial charge in [-0.25, -0.2) is 0 Å². The molecule has 2 heterocycles. The highest BCUT2D eigenvalue weighted by molar-refractivity contribution is 7.98. The molecule has 0 radical (unpaired) electrons. The molecule has 8 heteroatoms. The molecule has 0 aliphatic rings. The van der Waals surface area contributed by atoms with Crippen LogP contribution in [-0.2, 0) is 12.4 Å². The minimum atomic E-state index is 0.222. The molecule has 0 saturated heterocycles. The molecule has 0 saturated carbocycles. The third-order valence-corrected chi connectivity index (χ3v) is 4.93. The lowest BCUT2D eigenvalue weighted by molar-refractivity contribution is 0.252. The molecular formula is C20H16ClN3O3S. The Hall–Kier alpha value is -2.77. The Morgan fingerprint density at radius 3 is 2.75 bits per heavy atom. The van der Waals surface area contributed by atoms with Crippen molar-refractivity contribution in [3.8, 4) is 17.0 Å². The number of rotatable bonds is 7. The Labute approximate surface area is 170 Å². The van der Waals surface area contributed by atoms with E-state index in [2.05, 4.69) is 15.4 Å². The van der Waals surface area contributed by atoms with Gasteiger partial charge >= 0.3 is 0 Å². The van der Waals surface area contributed by atoms with Gasteiger partial charge in [0, 0.05) is 16.7 Å². The lowest BCUT2D eigenvalue weighted by Crippen LogP contribution is -1.95. The number of aryl methyl sites for hydroxylation is 1. The molecule has 4 rings (SSSR count). The van der Waals surface area contributed by atoms with Crippen molar-refractivity contribution in [2.45, 2.75) is 24.5 Å². The highest BCUT2D eigenvalue weighted by atomic mass is 35.5. The van der Waals surface area contributed by atoms with Crippen molar-refractivity contribution in [1.82, 2.24) is 15.4 Å². The van der Waals surface area contributed by atoms with Gasteiger partial charge in [-0.3, -0.25) is 0 Å². The Bertz CT molecular complexity index is 1060. The Morgan fingerprint density at radius 1 is 1.07 bits per heavy atom. The second kappa shape index (κ2) is 8.50. The number of halogens is 1. The van der Waals surface area contributed by atoms with E-state index in [0.29, 0.717) is 27.6 Å². The zero-order chi connectivity index (χ0) is 19.3. The van der Waals surface area contributed by atoms with Gasteiger partial charge in [-0.1, -0.05) is 52.8 Å². The van der Waals surface area contributed by atoms with E-state index in [1.54, 1.807) is 0 Å². The summed E-state index contributed by atoms with van der Waals surface area (Å²) in [6.07, 6.45) is 0. The third-order valence-electron chi connectivity index (χ3n) is 3.84. The van der Waals surface area contributed by atoms with Gasteiger partial charge < -0.3 is 13.7 Å². The van der Waals surface area contributed by atoms with Crippen molar-refractivity contribution < 1.29 is 13.7 Å². The highest BCUT2D eigenvalue weighted by Crippen LogP contribution is 2.26. The standard InChI is InChI=1S/C20H16ClN3O3S/c1-13-3-2-4-16(9-13)25-11-19-22-23-20(26-19)28-12-17-10-18(24-27-17)14-5-7-15(21)8-6-14/h2-10H,11-12H2,1H3. The van der Waals surface area contributed by atoms with Crippen LogP contribution in [0.1, 0.15) is 17.2 Å². The quantitative estimate of drug-likeness (QED) is 0.367. The summed E-state index contributed by atoms with van der Waals surface area (Å²) >= 11 is 7.29. The molecule has 28 heavy (non-hydrogen) atoms. The van der Waals surface area contributed by atoms with Crippen molar-refractivity contribution in [1.29, 1.82) is 0 Å². The molecule has 4 aromatic rings. The smallest absolute Gasteiger partial charge is 0.277 e. The number of ether oxygens (including phenoxy) is 1. The van der Waals surface area contributed by atoms with Crippen molar-refractivity contribution in [3.05, 3.63) is 76.8 Å². The fraction of sp³-hybridized carbons (Fsp3) is 0.150. The lowest BCUT2D eigenvalue weighted by Gasteiger charge is -2.03. The van der Waals surface area contributed by atoms with E-state index < -0.39 is 0 Å². The first-order chi connectivity index (χ1) is 13.7. The van der Waals surface area contributed by atoms with Crippen LogP contribution >= 0.6 is 23.4 Å². The van der Waals surface area contributed by atoms with Gasteiger partial charge in [-0.05, 0) is 36.8 Å². The average Bonchev–Trinajstić information content (AvgIpc) is 3.35. The molecule has 6 nitrogen and oxygen atoms in total. The Kier molecular flexibility index (Phi) is 5.64. The minimum Gasteiger partial charge on any atom is -0.484 e. The molecule has 0 aliphatic carbocycles. The summed E-state index contributed by atoms with van der Waals surface area (Å²) in [6.45, 7) is 2.23. The molecule has 0 spiro atoms. The molecule has 142 valence electrons. The predicted octanol–water partition coefficient (Wildman–Crippen LogP) is 5.56. The van der Waals surface area contributed by atoms with Gasteiger partial charge in [0.15, 0.2) is 6.61 Å². The van der Waals surface area contributed by atoms with Crippen LogP contribution in [0.15, 0.2) is 68.8 Å². The SMILES string of the molecule is Cc1cccc(OCc2nnc(SCc3cc(-c4ccc(Cl)cc4)no3)o2)c1. The van der Waals surface area contributed by atoms with E-state index in [4.69, 9.17) is 25.3 Å². The third kappa shape index (κ3) is 4.74. The maximum Gasteiger partial charge on any atom is 0.277 e. The molecular weight excluding hydrogens is 398 g/mol. The van der Waals surface area contributed by atoms with Crippen LogP contribution < -0.4 is 4.74 Å². The predicted molar refractivity (Wildman–Crippen MR) is 106 cm³/mol. The van der Waals surface area contributed by atoms with E-state index in [1.807, 2.05) is 61.5 Å². The molecule has 2 aromatic heterocycles. The summed E-state index contributed by atoms with van der Waals surface area (Å²) < 4.78 is 16.6. The minimum absolute atomic E-state index is 0.222. The normalized spacial score (nSPS) is 10.9. The molecule has 0 amide bonds. The van der Waals surface area contributed by atoms with E-state index in [0.717, 1.165) is 22.6 Å². The topological polar surface area (TPSA) is 74.2 Å². The summed E-state index contributed by atoms with van der Waals surface area (Å²) in [5, 5.41) is 13.2. The molecule has 0 bridgehead atoms. The molecule has 0 N–H and O–H groups in total. The number of nitrogens with zero attached hydrogens (tertiary/aromatic N) is 3. The first-order valence-electron chi connectivity index (χ1n) is 8.52. The number of aromatic nitrogens is 3. The van der Waals surface area contributed by atoms with Gasteiger partial charge in [0.05, 0.1) is 5.75 Å². The van der Waals surface area contributed by atoms with Gasteiger partial charge in [0.1, 0.15) is 17.2 Å². The van der Waals surface area contributed by atoms with Crippen LogP contribution in [0.5, 0.6) is 5.75 Å². The largest absolute Gasteiger partial charge is 0.484 e. The summed E-state index contributed by atoms with van der Waals surface area (Å²) in [5.41, 5.74) is 2.83. The molecule has 0 atom stereocenters. The highest BCUT2D eigenvalue weighted by Gasteiger charge is 2.11. The van der Waals surface area contributed by atoms with Gasteiger partial charge in [0.2, 0.25) is 0 Å². The van der Waals surface area contributed by atoms with Crippen LogP contribution in [-0.4, -0.2) is 15.4 Å². The average molecular weight is 414 g/mol. The fourth-order valence-corrected chi connectivity index (χ4v) is 3.26. The Morgan fingerprint density at radius 2 is 1.93 bits per heavy atom. The lowest BCUT2D eigenvalue weighted by atomic mass is 10.1. The van der Waals surface area contributed by atoms with E-state index in [1.165, 1.54) is 11.8 Å². The van der Waals surface area contributed by atoms with Gasteiger partial charge in [-0.15, -0.1) is 10.2 Å². The van der Waals surface area contributed by atoms with E-state index in [-0.39, 0.29) is 6.61 Å². The van der Waals surface area contributed by atoms with E-state index in [9.17, 15) is 0 Å². The van der Waals surface area contributed by atoms with Crippen LogP contribution in [0.3, 0.4) is 0 Å². The zero-order valence-electron chi connectivity index (χ0n) is 15.0. The fourth-order valence-electron chi connectivity index (χ4n) is 2.48. The molecule has 0 fully saturated rings. The zero-order valence-corrected chi connectivity index (χ0v) is 16.5. The van der Waals surface area contributed by atoms with Crippen molar-refractivity contribution in [3.63, 3.8) is 0 Å². The molecule has 0 unspecified atom stereocenters. The van der Waals surface area contributed by atoms with Crippen molar-refractivity contribution in [2.24, 2.45) is 0 Å². The van der Waals surface area contributed by atoms with Crippen LogP contribution in [0.25, 0.3) is 11.3 Å². The maximum absolute atomic E-state index is 5.91. The van der Waals surface area contributed by atoms with Crippen molar-refractivity contribution >= 4 is 23.4 Å². The first-order valence-corrected chi connectivity index (χ1v) is 9.88. The van der Waals surface area contributed by atoms with E-state index >= 15 is 0 Å². The van der Waals surface area contributed by atoms with Crippen LogP contribution in [0.4, 0.5) is 0 Å². The van der Waals surface area contributed by atoms with Gasteiger partial charge in [-0.2, -0.15) is 0 Å². The second-order valence-electron chi connectivity index (χ2n) is 6.04. The summed E-state index contributed by atoms with van der Waals surface area (Å²) in [6, 6.07) is 17.1. The monoisotopic (exact) mass is 413 g/mol. The summed E-state index contributed by atoms with van der Waals surface area (Å²) in [5.74, 6) is 2.43. The second-order valence-corrected chi connectivity index (χ2v) is 7.40. The molecule has 0 aliphatic heterocycles. The number of benzene rings is 2. The number of thioether (sulfide) groups is 1. The van der Waals surface area contributed by atoms with Crippen LogP contribution in [0, 0.1) is 6.92 Å². The van der Waals surface area contributed by atoms with Crippen LogP contribution in [0.2, 0.25) is 5.02 Å². The summed E-state index contributed by atoms with van der Waals surface area (Å²) in [4.78, 5) is 0. The Balaban J connectivity index is 1.31. The number of hydrogen-bond acceptors (Lipinski definition) is 7. The first kappa shape index (κ1) is 18.6. The molecule has 2 aromatic carbocycles. The van der Waals surface area contributed by atoms with Crippen molar-refractivity contribution in [2.75, 3.05) is 0 Å². The number of hydrogen-bond donors (Lipinski definition) is 0. The summed E-state index contributed by atoms with van der Waals surface area (Å²) in [7, 11) is 0.